The van der Waals surface area contributed by atoms with Crippen LogP contribution in [0.4, 0.5) is 0 Å². The molecule has 8 nitrogen and oxygen atoms in total. The second-order valence-corrected chi connectivity index (χ2v) is 6.25. The molecule has 2 rings (SSSR count). The number of nitrogens with zero attached hydrogens (tertiary/aromatic N) is 1. The molecular formula is C22H29N3O5. The average Bonchev–Trinajstić information content (AvgIpc) is 2.79. The fourth-order valence-corrected chi connectivity index (χ4v) is 2.81. The topological polar surface area (TPSA) is 90.4 Å². The molecule has 2 N–H and O–H groups in total. The third-order valence-corrected chi connectivity index (χ3v) is 4.37. The van der Waals surface area contributed by atoms with Gasteiger partial charge in [0, 0.05) is 24.7 Å². The Kier molecular flexibility index (Phi) is 8.80. The van der Waals surface area contributed by atoms with Crippen LogP contribution in [0.25, 0.3) is 0 Å². The van der Waals surface area contributed by atoms with Crippen LogP contribution in [0.15, 0.2) is 41.4 Å². The molecule has 0 unspecified atom stereocenters. The largest absolute Gasteiger partial charge is 0.497 e. The molecule has 0 aliphatic heterocycles. The van der Waals surface area contributed by atoms with Crippen molar-refractivity contribution >= 4 is 11.9 Å². The van der Waals surface area contributed by atoms with Gasteiger partial charge in [0.25, 0.3) is 0 Å². The zero-order chi connectivity index (χ0) is 21.9. The molecule has 0 saturated heterocycles. The van der Waals surface area contributed by atoms with Gasteiger partial charge in [-0.3, -0.25) is 0 Å². The van der Waals surface area contributed by atoms with Gasteiger partial charge in [-0.1, -0.05) is 6.07 Å². The van der Waals surface area contributed by atoms with E-state index in [0.717, 1.165) is 22.6 Å². The van der Waals surface area contributed by atoms with Crippen LogP contribution in [0, 0.1) is 0 Å². The van der Waals surface area contributed by atoms with Gasteiger partial charge in [0.1, 0.15) is 22.8 Å². The molecule has 2 aromatic rings. The van der Waals surface area contributed by atoms with E-state index in [4.69, 9.17) is 18.9 Å². The van der Waals surface area contributed by atoms with E-state index in [2.05, 4.69) is 15.6 Å². The number of methoxy groups -OCH3 is 4. The third kappa shape index (κ3) is 6.04. The predicted molar refractivity (Wildman–Crippen MR) is 116 cm³/mol. The lowest BCUT2D eigenvalue weighted by Crippen LogP contribution is -2.36. The SMILES string of the molecule is CCNC(=NCc1ccc(OC)c(C(=O)OC)c1)NCc1ccc(OC)cc1OC. The summed E-state index contributed by atoms with van der Waals surface area (Å²) in [6.07, 6.45) is 0. The van der Waals surface area contributed by atoms with Crippen molar-refractivity contribution in [3.8, 4) is 17.2 Å². The molecule has 0 aliphatic rings. The molecule has 0 bridgehead atoms. The standard InChI is InChI=1S/C22H29N3O5/c1-6-23-22(25-14-16-8-9-17(27-2)12-20(16)29-4)24-13-15-7-10-19(28-3)18(11-15)21(26)30-5/h7-12H,6,13-14H2,1-5H3,(H2,23,24,25). The van der Waals surface area contributed by atoms with Gasteiger partial charge in [-0.15, -0.1) is 0 Å². The van der Waals surface area contributed by atoms with Gasteiger partial charge in [-0.2, -0.15) is 0 Å². The zero-order valence-corrected chi connectivity index (χ0v) is 18.1. The van der Waals surface area contributed by atoms with E-state index in [1.807, 2.05) is 31.2 Å². The van der Waals surface area contributed by atoms with Gasteiger partial charge >= 0.3 is 5.97 Å². The van der Waals surface area contributed by atoms with Gasteiger partial charge in [-0.05, 0) is 36.8 Å². The molecule has 0 fully saturated rings. The van der Waals surface area contributed by atoms with E-state index < -0.39 is 5.97 Å². The molecule has 0 aliphatic carbocycles. The number of benzene rings is 2. The van der Waals surface area contributed by atoms with Crippen LogP contribution in [0.2, 0.25) is 0 Å². The number of hydrogen-bond acceptors (Lipinski definition) is 6. The van der Waals surface area contributed by atoms with Gasteiger partial charge in [0.15, 0.2) is 5.96 Å². The Hall–Kier alpha value is -3.42. The smallest absolute Gasteiger partial charge is 0.341 e. The first-order valence-electron chi connectivity index (χ1n) is 9.54. The van der Waals surface area contributed by atoms with Gasteiger partial charge in [0.2, 0.25) is 0 Å². The van der Waals surface area contributed by atoms with Crippen LogP contribution in [0.3, 0.4) is 0 Å². The average molecular weight is 415 g/mol. The second kappa shape index (κ2) is 11.5. The number of ether oxygens (including phenoxy) is 4. The number of carbonyl (C=O) groups excluding carboxylic acids is 1. The van der Waals surface area contributed by atoms with Crippen molar-refractivity contribution in [1.82, 2.24) is 10.6 Å². The molecule has 0 aromatic heterocycles. The van der Waals surface area contributed by atoms with Crippen molar-refractivity contribution in [3.63, 3.8) is 0 Å². The number of rotatable bonds is 9. The lowest BCUT2D eigenvalue weighted by molar-refractivity contribution is 0.0597. The number of aliphatic imine (C=N–C) groups is 1. The van der Waals surface area contributed by atoms with E-state index in [9.17, 15) is 4.79 Å². The summed E-state index contributed by atoms with van der Waals surface area (Å²) in [5.41, 5.74) is 2.20. The minimum Gasteiger partial charge on any atom is -0.497 e. The fourth-order valence-electron chi connectivity index (χ4n) is 2.81. The van der Waals surface area contributed by atoms with Gasteiger partial charge in [-0.25, -0.2) is 9.79 Å². The number of nitrogens with one attached hydrogen (secondary N) is 2. The van der Waals surface area contributed by atoms with Crippen molar-refractivity contribution in [2.75, 3.05) is 35.0 Å². The number of carbonyl (C=O) groups is 1. The summed E-state index contributed by atoms with van der Waals surface area (Å²) < 4.78 is 20.7. The molecule has 0 heterocycles. The number of esters is 1. The third-order valence-electron chi connectivity index (χ3n) is 4.37. The summed E-state index contributed by atoms with van der Waals surface area (Å²) in [6.45, 7) is 3.60. The van der Waals surface area contributed by atoms with Crippen molar-refractivity contribution < 1.29 is 23.7 Å². The first-order valence-corrected chi connectivity index (χ1v) is 9.54. The molecule has 0 saturated carbocycles. The van der Waals surface area contributed by atoms with Gasteiger partial charge in [0.05, 0.1) is 35.0 Å². The minimum atomic E-state index is -0.450. The Labute approximate surface area is 177 Å². The normalized spacial score (nSPS) is 10.9. The summed E-state index contributed by atoms with van der Waals surface area (Å²) in [5.74, 6) is 2.12. The molecular weight excluding hydrogens is 386 g/mol. The Bertz CT molecular complexity index is 883. The highest BCUT2D eigenvalue weighted by atomic mass is 16.5. The van der Waals surface area contributed by atoms with Crippen molar-refractivity contribution in [2.45, 2.75) is 20.0 Å². The lowest BCUT2D eigenvalue weighted by atomic mass is 10.1. The second-order valence-electron chi connectivity index (χ2n) is 6.25. The van der Waals surface area contributed by atoms with Crippen LogP contribution in [0.1, 0.15) is 28.4 Å². The summed E-state index contributed by atoms with van der Waals surface area (Å²) >= 11 is 0. The zero-order valence-electron chi connectivity index (χ0n) is 18.1. The molecule has 0 spiro atoms. The molecule has 162 valence electrons. The Morgan fingerprint density at radius 3 is 2.33 bits per heavy atom. The van der Waals surface area contributed by atoms with E-state index in [1.165, 1.54) is 14.2 Å². The van der Waals surface area contributed by atoms with Crippen molar-refractivity contribution in [2.24, 2.45) is 4.99 Å². The van der Waals surface area contributed by atoms with Crippen LogP contribution in [0.5, 0.6) is 17.2 Å². The highest BCUT2D eigenvalue weighted by Gasteiger charge is 2.13. The summed E-state index contributed by atoms with van der Waals surface area (Å²) in [4.78, 5) is 16.6. The number of guanidine groups is 1. The van der Waals surface area contributed by atoms with E-state index in [1.54, 1.807) is 26.4 Å². The first-order chi connectivity index (χ1) is 14.6. The van der Waals surface area contributed by atoms with Crippen LogP contribution in [-0.4, -0.2) is 46.9 Å². The highest BCUT2D eigenvalue weighted by Crippen LogP contribution is 2.24. The van der Waals surface area contributed by atoms with Crippen molar-refractivity contribution in [3.05, 3.63) is 53.1 Å². The van der Waals surface area contributed by atoms with E-state index in [0.29, 0.717) is 36.9 Å². The molecule has 30 heavy (non-hydrogen) atoms. The monoisotopic (exact) mass is 415 g/mol. The molecule has 8 heteroatoms. The maximum atomic E-state index is 12.0. The Balaban J connectivity index is 2.14. The first kappa shape index (κ1) is 22.9. The Morgan fingerprint density at radius 1 is 0.933 bits per heavy atom. The Morgan fingerprint density at radius 2 is 1.70 bits per heavy atom. The quantitative estimate of drug-likeness (QED) is 0.370. The summed E-state index contributed by atoms with van der Waals surface area (Å²) in [6, 6.07) is 11.0. The lowest BCUT2D eigenvalue weighted by Gasteiger charge is -2.14. The maximum Gasteiger partial charge on any atom is 0.341 e. The van der Waals surface area contributed by atoms with Crippen LogP contribution in [-0.2, 0) is 17.8 Å². The molecule has 0 amide bonds. The molecule has 2 aromatic carbocycles. The minimum absolute atomic E-state index is 0.369. The van der Waals surface area contributed by atoms with E-state index in [-0.39, 0.29) is 0 Å². The molecule has 0 radical (unpaired) electrons. The van der Waals surface area contributed by atoms with Gasteiger partial charge < -0.3 is 29.6 Å². The van der Waals surface area contributed by atoms with Crippen LogP contribution >= 0.6 is 0 Å². The summed E-state index contributed by atoms with van der Waals surface area (Å²) in [7, 11) is 6.10. The maximum absolute atomic E-state index is 12.0. The highest BCUT2D eigenvalue weighted by molar-refractivity contribution is 5.92. The summed E-state index contributed by atoms with van der Waals surface area (Å²) in [5, 5.41) is 6.50. The van der Waals surface area contributed by atoms with Crippen molar-refractivity contribution in [1.29, 1.82) is 0 Å². The number of hydrogen-bond donors (Lipinski definition) is 2. The van der Waals surface area contributed by atoms with Crippen LogP contribution < -0.4 is 24.8 Å². The fraction of sp³-hybridized carbons (Fsp3) is 0.364. The molecule has 0 atom stereocenters. The van der Waals surface area contributed by atoms with E-state index >= 15 is 0 Å². The predicted octanol–water partition coefficient (Wildman–Crippen LogP) is 2.75.